The third kappa shape index (κ3) is 2.99. The van der Waals surface area contributed by atoms with Crippen molar-refractivity contribution in [2.75, 3.05) is 5.32 Å². The molecule has 4 heteroatoms. The quantitative estimate of drug-likeness (QED) is 0.742. The molecule has 0 aliphatic heterocycles. The molecular formula is C12H14N2O2. The maximum atomic E-state index is 10.9. The molecular weight excluding hydrogens is 204 g/mol. The van der Waals surface area contributed by atoms with Gasteiger partial charge in [-0.2, -0.15) is 0 Å². The summed E-state index contributed by atoms with van der Waals surface area (Å²) in [6.45, 7) is 2.02. The number of pyridine rings is 1. The van der Waals surface area contributed by atoms with E-state index in [0.29, 0.717) is 5.69 Å². The topological polar surface area (TPSA) is 62.2 Å². The van der Waals surface area contributed by atoms with Crippen LogP contribution >= 0.6 is 0 Å². The van der Waals surface area contributed by atoms with Crippen LogP contribution in [0, 0.1) is 12.3 Å². The lowest BCUT2D eigenvalue weighted by Gasteiger charge is -2.14. The zero-order valence-corrected chi connectivity index (χ0v) is 9.10. The van der Waals surface area contributed by atoms with Crippen molar-refractivity contribution in [2.24, 2.45) is 0 Å². The van der Waals surface area contributed by atoms with Gasteiger partial charge in [0.25, 0.3) is 0 Å². The summed E-state index contributed by atoms with van der Waals surface area (Å²) in [5.74, 6) is 1.60. The number of hydrogen-bond acceptors (Lipinski definition) is 3. The minimum absolute atomic E-state index is 0.160. The molecule has 0 aliphatic carbocycles. The monoisotopic (exact) mass is 218 g/mol. The summed E-state index contributed by atoms with van der Waals surface area (Å²) in [7, 11) is 0. The van der Waals surface area contributed by atoms with E-state index in [9.17, 15) is 4.79 Å². The molecule has 1 unspecified atom stereocenters. The Labute approximate surface area is 94.7 Å². The molecule has 0 saturated carbocycles. The number of carboxylic acid groups (broad SMARTS) is 1. The van der Waals surface area contributed by atoms with Gasteiger partial charge in [0.1, 0.15) is 0 Å². The van der Waals surface area contributed by atoms with Gasteiger partial charge in [0.15, 0.2) is 0 Å². The Morgan fingerprint density at radius 2 is 2.50 bits per heavy atom. The average Bonchev–Trinajstić information content (AvgIpc) is 2.29. The molecule has 1 atom stereocenters. The summed E-state index contributed by atoms with van der Waals surface area (Å²) < 4.78 is 0. The van der Waals surface area contributed by atoms with Crippen LogP contribution in [0.25, 0.3) is 0 Å². The largest absolute Gasteiger partial charge is 0.478 e. The fraction of sp³-hybridized carbons (Fsp3) is 0.333. The first-order chi connectivity index (χ1) is 7.69. The molecule has 1 rings (SSSR count). The average molecular weight is 218 g/mol. The Balaban J connectivity index is 2.88. The van der Waals surface area contributed by atoms with Crippen molar-refractivity contribution >= 4 is 11.7 Å². The van der Waals surface area contributed by atoms with E-state index in [4.69, 9.17) is 11.5 Å². The van der Waals surface area contributed by atoms with E-state index in [0.717, 1.165) is 12.8 Å². The summed E-state index contributed by atoms with van der Waals surface area (Å²) in [5.41, 5.74) is 0.651. The van der Waals surface area contributed by atoms with Gasteiger partial charge >= 0.3 is 5.97 Å². The number of nitrogens with zero attached hydrogens (tertiary/aromatic N) is 1. The van der Waals surface area contributed by atoms with Crippen LogP contribution < -0.4 is 5.32 Å². The second kappa shape index (κ2) is 5.76. The van der Waals surface area contributed by atoms with Gasteiger partial charge < -0.3 is 10.4 Å². The number of hydrogen-bond donors (Lipinski definition) is 2. The van der Waals surface area contributed by atoms with E-state index in [1.165, 1.54) is 18.5 Å². The zero-order chi connectivity index (χ0) is 12.0. The predicted octanol–water partition coefficient (Wildman–Crippen LogP) is 1.99. The van der Waals surface area contributed by atoms with Crippen LogP contribution in [0.2, 0.25) is 0 Å². The van der Waals surface area contributed by atoms with E-state index in [-0.39, 0.29) is 11.6 Å². The Hall–Kier alpha value is -2.02. The van der Waals surface area contributed by atoms with Crippen LogP contribution in [0.4, 0.5) is 5.69 Å². The normalized spacial score (nSPS) is 11.5. The molecule has 4 nitrogen and oxygen atoms in total. The van der Waals surface area contributed by atoms with Crippen LogP contribution in [0.15, 0.2) is 18.5 Å². The lowest BCUT2D eigenvalue weighted by molar-refractivity contribution is 0.0698. The van der Waals surface area contributed by atoms with E-state index in [2.05, 4.69) is 16.2 Å². The van der Waals surface area contributed by atoms with E-state index in [1.54, 1.807) is 0 Å². The maximum Gasteiger partial charge on any atom is 0.337 e. The van der Waals surface area contributed by atoms with Gasteiger partial charge in [0, 0.05) is 6.20 Å². The van der Waals surface area contributed by atoms with Crippen molar-refractivity contribution < 1.29 is 9.90 Å². The van der Waals surface area contributed by atoms with Gasteiger partial charge in [-0.3, -0.25) is 4.98 Å². The van der Waals surface area contributed by atoms with E-state index in [1.807, 2.05) is 6.92 Å². The Morgan fingerprint density at radius 1 is 1.75 bits per heavy atom. The predicted molar refractivity (Wildman–Crippen MR) is 62.3 cm³/mol. The molecule has 1 aromatic heterocycles. The Kier molecular flexibility index (Phi) is 4.34. The molecule has 0 radical (unpaired) electrons. The summed E-state index contributed by atoms with van der Waals surface area (Å²) in [6, 6.07) is 1.29. The molecule has 0 bridgehead atoms. The highest BCUT2D eigenvalue weighted by atomic mass is 16.4. The molecule has 0 aromatic carbocycles. The SMILES string of the molecule is C#CC(CCC)Nc1cnccc1C(=O)O. The van der Waals surface area contributed by atoms with Gasteiger partial charge in [-0.25, -0.2) is 4.79 Å². The van der Waals surface area contributed by atoms with E-state index >= 15 is 0 Å². The van der Waals surface area contributed by atoms with Crippen molar-refractivity contribution in [1.82, 2.24) is 4.98 Å². The fourth-order valence-electron chi connectivity index (χ4n) is 1.37. The molecule has 16 heavy (non-hydrogen) atoms. The number of aromatic nitrogens is 1. The van der Waals surface area contributed by atoms with Crippen molar-refractivity contribution in [3.05, 3.63) is 24.0 Å². The number of carbonyl (C=O) groups is 1. The maximum absolute atomic E-state index is 10.9. The Bertz CT molecular complexity index is 410. The van der Waals surface area contributed by atoms with Crippen molar-refractivity contribution in [3.63, 3.8) is 0 Å². The van der Waals surface area contributed by atoms with Gasteiger partial charge in [0.05, 0.1) is 23.5 Å². The lowest BCUT2D eigenvalue weighted by atomic mass is 10.1. The Morgan fingerprint density at radius 3 is 3.06 bits per heavy atom. The highest BCUT2D eigenvalue weighted by Crippen LogP contribution is 2.15. The van der Waals surface area contributed by atoms with Gasteiger partial charge in [-0.1, -0.05) is 19.3 Å². The lowest BCUT2D eigenvalue weighted by Crippen LogP contribution is -2.18. The third-order valence-corrected chi connectivity index (χ3v) is 2.16. The number of anilines is 1. The molecule has 0 amide bonds. The molecule has 0 saturated heterocycles. The van der Waals surface area contributed by atoms with Crippen LogP contribution in [-0.4, -0.2) is 22.1 Å². The standard InChI is InChI=1S/C12H14N2O2/c1-3-5-9(4-2)14-11-8-13-7-6-10(11)12(15)16/h2,6-9,14H,3,5H2,1H3,(H,15,16). The first-order valence-corrected chi connectivity index (χ1v) is 5.09. The minimum Gasteiger partial charge on any atom is -0.478 e. The smallest absolute Gasteiger partial charge is 0.337 e. The highest BCUT2D eigenvalue weighted by Gasteiger charge is 2.12. The molecule has 1 heterocycles. The van der Waals surface area contributed by atoms with Crippen molar-refractivity contribution in [2.45, 2.75) is 25.8 Å². The summed E-state index contributed by atoms with van der Waals surface area (Å²) in [5, 5.41) is 12.0. The number of rotatable bonds is 5. The number of aromatic carboxylic acids is 1. The molecule has 1 aromatic rings. The summed E-state index contributed by atoms with van der Waals surface area (Å²) in [6.07, 6.45) is 10.0. The first-order valence-electron chi connectivity index (χ1n) is 5.09. The number of carboxylic acids is 1. The van der Waals surface area contributed by atoms with Gasteiger partial charge in [-0.15, -0.1) is 6.42 Å². The van der Waals surface area contributed by atoms with E-state index < -0.39 is 5.97 Å². The molecule has 0 aliphatic rings. The molecule has 0 fully saturated rings. The van der Waals surface area contributed by atoms with Crippen molar-refractivity contribution in [1.29, 1.82) is 0 Å². The van der Waals surface area contributed by atoms with Crippen LogP contribution in [0.5, 0.6) is 0 Å². The van der Waals surface area contributed by atoms with Crippen molar-refractivity contribution in [3.8, 4) is 12.3 Å². The number of nitrogens with one attached hydrogen (secondary N) is 1. The number of terminal acetylenes is 1. The second-order valence-electron chi connectivity index (χ2n) is 3.38. The highest BCUT2D eigenvalue weighted by molar-refractivity contribution is 5.93. The molecule has 0 spiro atoms. The summed E-state index contributed by atoms with van der Waals surface area (Å²) in [4.78, 5) is 14.8. The third-order valence-electron chi connectivity index (χ3n) is 2.16. The fourth-order valence-corrected chi connectivity index (χ4v) is 1.37. The minimum atomic E-state index is -0.989. The molecule has 84 valence electrons. The zero-order valence-electron chi connectivity index (χ0n) is 9.10. The van der Waals surface area contributed by atoms with Crippen LogP contribution in [0.3, 0.4) is 0 Å². The van der Waals surface area contributed by atoms with Gasteiger partial charge in [-0.05, 0) is 12.5 Å². The van der Waals surface area contributed by atoms with Crippen LogP contribution in [-0.2, 0) is 0 Å². The van der Waals surface area contributed by atoms with Gasteiger partial charge in [0.2, 0.25) is 0 Å². The second-order valence-corrected chi connectivity index (χ2v) is 3.38. The van der Waals surface area contributed by atoms with Crippen LogP contribution in [0.1, 0.15) is 30.1 Å². The summed E-state index contributed by atoms with van der Waals surface area (Å²) >= 11 is 0. The first kappa shape index (κ1) is 12.1. The molecule has 2 N–H and O–H groups in total.